The van der Waals surface area contributed by atoms with Crippen molar-refractivity contribution in [1.29, 1.82) is 0 Å². The number of hydrogen-bond donors (Lipinski definition) is 3. The van der Waals surface area contributed by atoms with E-state index >= 15 is 0 Å². The predicted octanol–water partition coefficient (Wildman–Crippen LogP) is 0.496. The first-order valence-electron chi connectivity index (χ1n) is 5.13. The van der Waals surface area contributed by atoms with E-state index in [1.165, 1.54) is 0 Å². The number of aryl methyl sites for hydroxylation is 1. The van der Waals surface area contributed by atoms with E-state index in [9.17, 15) is 4.79 Å². The number of aromatic nitrogens is 2. The predicted molar refractivity (Wildman–Crippen MR) is 54.7 cm³/mol. The average Bonchev–Trinajstić information content (AvgIpc) is 2.64. The normalized spacial score (nSPS) is 26.5. The van der Waals surface area contributed by atoms with Crippen LogP contribution in [0, 0.1) is 12.8 Å². The fourth-order valence-corrected chi connectivity index (χ4v) is 2.22. The molecule has 1 aromatic rings. The lowest BCUT2D eigenvalue weighted by atomic mass is 9.81. The second kappa shape index (κ2) is 4.02. The van der Waals surface area contributed by atoms with Gasteiger partial charge in [-0.05, 0) is 25.5 Å². The SMILES string of the molecule is Cc1[nH]ncc1C1CCNCC1C(=O)O. The summed E-state index contributed by atoms with van der Waals surface area (Å²) in [6, 6.07) is 0. The first kappa shape index (κ1) is 10.2. The van der Waals surface area contributed by atoms with Crippen LogP contribution in [0.1, 0.15) is 23.6 Å². The summed E-state index contributed by atoms with van der Waals surface area (Å²) in [6.45, 7) is 3.35. The molecular weight excluding hydrogens is 194 g/mol. The van der Waals surface area contributed by atoms with Crippen LogP contribution in [0.25, 0.3) is 0 Å². The Labute approximate surface area is 87.9 Å². The van der Waals surface area contributed by atoms with Crippen LogP contribution >= 0.6 is 0 Å². The van der Waals surface area contributed by atoms with Crippen molar-refractivity contribution in [2.45, 2.75) is 19.3 Å². The third-order valence-corrected chi connectivity index (χ3v) is 3.07. The molecule has 1 aromatic heterocycles. The van der Waals surface area contributed by atoms with Crippen molar-refractivity contribution in [3.8, 4) is 0 Å². The molecule has 0 aliphatic carbocycles. The molecule has 1 fully saturated rings. The number of carboxylic acids is 1. The lowest BCUT2D eigenvalue weighted by Gasteiger charge is -2.29. The van der Waals surface area contributed by atoms with E-state index in [4.69, 9.17) is 5.11 Å². The van der Waals surface area contributed by atoms with Gasteiger partial charge in [-0.25, -0.2) is 0 Å². The van der Waals surface area contributed by atoms with Crippen molar-refractivity contribution < 1.29 is 9.90 Å². The molecule has 15 heavy (non-hydrogen) atoms. The van der Waals surface area contributed by atoms with Crippen LogP contribution in [-0.2, 0) is 4.79 Å². The highest BCUT2D eigenvalue weighted by Gasteiger charge is 2.33. The quantitative estimate of drug-likeness (QED) is 0.662. The minimum absolute atomic E-state index is 0.0856. The Hall–Kier alpha value is -1.36. The third-order valence-electron chi connectivity index (χ3n) is 3.07. The van der Waals surface area contributed by atoms with Gasteiger partial charge in [-0.2, -0.15) is 5.10 Å². The molecule has 2 atom stereocenters. The number of carboxylic acid groups (broad SMARTS) is 1. The first-order valence-corrected chi connectivity index (χ1v) is 5.13. The van der Waals surface area contributed by atoms with E-state index in [0.717, 1.165) is 24.2 Å². The van der Waals surface area contributed by atoms with Crippen molar-refractivity contribution in [2.75, 3.05) is 13.1 Å². The molecular formula is C10H15N3O2. The summed E-state index contributed by atoms with van der Waals surface area (Å²) in [7, 11) is 0. The number of hydrogen-bond acceptors (Lipinski definition) is 3. The van der Waals surface area contributed by atoms with E-state index in [2.05, 4.69) is 15.5 Å². The van der Waals surface area contributed by atoms with Crippen LogP contribution in [0.15, 0.2) is 6.20 Å². The number of carbonyl (C=O) groups is 1. The van der Waals surface area contributed by atoms with E-state index < -0.39 is 5.97 Å². The monoisotopic (exact) mass is 209 g/mol. The lowest BCUT2D eigenvalue weighted by molar-refractivity contribution is -0.142. The maximum atomic E-state index is 11.1. The van der Waals surface area contributed by atoms with Crippen molar-refractivity contribution >= 4 is 5.97 Å². The molecule has 82 valence electrons. The minimum atomic E-state index is -0.729. The Morgan fingerprint density at radius 2 is 2.47 bits per heavy atom. The fraction of sp³-hybridized carbons (Fsp3) is 0.600. The average molecular weight is 209 g/mol. The van der Waals surface area contributed by atoms with Crippen LogP contribution in [-0.4, -0.2) is 34.4 Å². The van der Waals surface area contributed by atoms with Crippen LogP contribution in [0.2, 0.25) is 0 Å². The third kappa shape index (κ3) is 1.87. The van der Waals surface area contributed by atoms with E-state index in [1.54, 1.807) is 6.20 Å². The lowest BCUT2D eigenvalue weighted by Crippen LogP contribution is -2.39. The van der Waals surface area contributed by atoms with Crippen LogP contribution in [0.4, 0.5) is 0 Å². The van der Waals surface area contributed by atoms with E-state index in [-0.39, 0.29) is 11.8 Å². The molecule has 3 N–H and O–H groups in total. The largest absolute Gasteiger partial charge is 0.481 e. The van der Waals surface area contributed by atoms with Crippen molar-refractivity contribution in [3.05, 3.63) is 17.5 Å². The van der Waals surface area contributed by atoms with Crippen molar-refractivity contribution in [2.24, 2.45) is 5.92 Å². The summed E-state index contributed by atoms with van der Waals surface area (Å²) in [5, 5.41) is 19.1. The van der Waals surface area contributed by atoms with Gasteiger partial charge in [0.2, 0.25) is 0 Å². The number of nitrogens with zero attached hydrogens (tertiary/aromatic N) is 1. The molecule has 0 aromatic carbocycles. The van der Waals surface area contributed by atoms with Gasteiger partial charge in [0, 0.05) is 18.2 Å². The Morgan fingerprint density at radius 3 is 3.07 bits per heavy atom. The number of H-pyrrole nitrogens is 1. The molecule has 5 heteroatoms. The van der Waals surface area contributed by atoms with Gasteiger partial charge in [0.15, 0.2) is 0 Å². The van der Waals surface area contributed by atoms with Crippen molar-refractivity contribution in [1.82, 2.24) is 15.5 Å². The molecule has 0 saturated carbocycles. The summed E-state index contributed by atoms with van der Waals surface area (Å²) < 4.78 is 0. The molecule has 2 rings (SSSR count). The summed E-state index contributed by atoms with van der Waals surface area (Å²) in [5.74, 6) is -0.981. The number of aromatic amines is 1. The summed E-state index contributed by atoms with van der Waals surface area (Å²) in [5.41, 5.74) is 2.03. The highest BCUT2D eigenvalue weighted by molar-refractivity contribution is 5.72. The van der Waals surface area contributed by atoms with Gasteiger partial charge in [-0.3, -0.25) is 9.89 Å². The Morgan fingerprint density at radius 1 is 1.67 bits per heavy atom. The minimum Gasteiger partial charge on any atom is -0.481 e. The Balaban J connectivity index is 2.25. The highest BCUT2D eigenvalue weighted by Crippen LogP contribution is 2.31. The fourth-order valence-electron chi connectivity index (χ4n) is 2.22. The van der Waals surface area contributed by atoms with Crippen LogP contribution in [0.5, 0.6) is 0 Å². The van der Waals surface area contributed by atoms with Crippen molar-refractivity contribution in [3.63, 3.8) is 0 Å². The second-order valence-electron chi connectivity index (χ2n) is 3.99. The molecule has 1 aliphatic rings. The Bertz CT molecular complexity index is 361. The molecule has 0 amide bonds. The summed E-state index contributed by atoms with van der Waals surface area (Å²) in [4.78, 5) is 11.1. The van der Waals surface area contributed by atoms with Gasteiger partial charge in [0.1, 0.15) is 0 Å². The summed E-state index contributed by atoms with van der Waals surface area (Å²) in [6.07, 6.45) is 2.61. The number of rotatable bonds is 2. The van der Waals surface area contributed by atoms with Crippen LogP contribution in [0.3, 0.4) is 0 Å². The number of aliphatic carboxylic acids is 1. The van der Waals surface area contributed by atoms with Gasteiger partial charge in [0.05, 0.1) is 12.1 Å². The van der Waals surface area contributed by atoms with Gasteiger partial charge in [-0.15, -0.1) is 0 Å². The molecule has 5 nitrogen and oxygen atoms in total. The zero-order chi connectivity index (χ0) is 10.8. The maximum absolute atomic E-state index is 11.1. The molecule has 0 bridgehead atoms. The Kier molecular flexibility index (Phi) is 2.73. The molecule has 1 aliphatic heterocycles. The topological polar surface area (TPSA) is 78.0 Å². The highest BCUT2D eigenvalue weighted by atomic mass is 16.4. The molecule has 0 radical (unpaired) electrons. The summed E-state index contributed by atoms with van der Waals surface area (Å²) >= 11 is 0. The maximum Gasteiger partial charge on any atom is 0.308 e. The standard InChI is InChI=1S/C10H15N3O2/c1-6-8(5-12-13-6)7-2-3-11-4-9(7)10(14)15/h5,7,9,11H,2-4H2,1H3,(H,12,13)(H,14,15). The molecule has 2 heterocycles. The molecule has 2 unspecified atom stereocenters. The number of nitrogens with one attached hydrogen (secondary N) is 2. The first-order chi connectivity index (χ1) is 7.20. The van der Waals surface area contributed by atoms with Gasteiger partial charge in [0.25, 0.3) is 0 Å². The van der Waals surface area contributed by atoms with Gasteiger partial charge in [-0.1, -0.05) is 0 Å². The van der Waals surface area contributed by atoms with E-state index in [1.807, 2.05) is 6.92 Å². The molecule has 0 spiro atoms. The molecule has 1 saturated heterocycles. The zero-order valence-corrected chi connectivity index (χ0v) is 8.66. The van der Waals surface area contributed by atoms with E-state index in [0.29, 0.717) is 6.54 Å². The number of piperidine rings is 1. The smallest absolute Gasteiger partial charge is 0.308 e. The van der Waals surface area contributed by atoms with Gasteiger partial charge < -0.3 is 10.4 Å². The van der Waals surface area contributed by atoms with Gasteiger partial charge >= 0.3 is 5.97 Å². The zero-order valence-electron chi connectivity index (χ0n) is 8.66. The second-order valence-corrected chi connectivity index (χ2v) is 3.99. The van der Waals surface area contributed by atoms with Crippen LogP contribution < -0.4 is 5.32 Å².